The molecule has 1 aromatic rings. The number of rotatable bonds is 6. The molecule has 4 nitrogen and oxygen atoms in total. The van der Waals surface area contributed by atoms with E-state index in [-0.39, 0.29) is 0 Å². The molecular formula is C11H18N2O2. The van der Waals surface area contributed by atoms with Crippen molar-refractivity contribution in [3.63, 3.8) is 0 Å². The summed E-state index contributed by atoms with van der Waals surface area (Å²) in [6, 6.07) is 3.45. The summed E-state index contributed by atoms with van der Waals surface area (Å²) >= 11 is 0. The van der Waals surface area contributed by atoms with Gasteiger partial charge in [-0.1, -0.05) is 13.3 Å². The van der Waals surface area contributed by atoms with E-state index in [1.165, 1.54) is 6.42 Å². The van der Waals surface area contributed by atoms with E-state index in [4.69, 9.17) is 10.2 Å². The molecule has 1 rings (SSSR count). The first-order valence-corrected chi connectivity index (χ1v) is 5.33. The average Bonchev–Trinajstić information content (AvgIpc) is 2.62. The van der Waals surface area contributed by atoms with Crippen LogP contribution < -0.4 is 11.1 Å². The van der Waals surface area contributed by atoms with Crippen LogP contribution in [0.1, 0.15) is 31.3 Å². The fraction of sp³-hybridized carbons (Fsp3) is 0.545. The average molecular weight is 210 g/mol. The largest absolute Gasteiger partial charge is 0.466 e. The van der Waals surface area contributed by atoms with Crippen molar-refractivity contribution in [2.75, 3.05) is 6.54 Å². The van der Waals surface area contributed by atoms with Crippen LogP contribution in [0.25, 0.3) is 0 Å². The maximum atomic E-state index is 10.4. The Bertz CT molecular complexity index is 307. The van der Waals surface area contributed by atoms with E-state index >= 15 is 0 Å². The second-order valence-corrected chi connectivity index (χ2v) is 3.51. The van der Waals surface area contributed by atoms with Crippen molar-refractivity contribution in [3.8, 4) is 0 Å². The topological polar surface area (TPSA) is 68.3 Å². The van der Waals surface area contributed by atoms with Gasteiger partial charge < -0.3 is 15.5 Å². The van der Waals surface area contributed by atoms with E-state index in [0.29, 0.717) is 13.0 Å². The van der Waals surface area contributed by atoms with Gasteiger partial charge in [-0.25, -0.2) is 4.79 Å². The molecule has 15 heavy (non-hydrogen) atoms. The van der Waals surface area contributed by atoms with E-state index in [9.17, 15) is 4.79 Å². The number of primary amides is 1. The molecule has 0 aliphatic rings. The molecule has 0 aliphatic carbocycles. The fourth-order valence-corrected chi connectivity index (χ4v) is 1.35. The predicted octanol–water partition coefficient (Wildman–Crippen LogP) is 1.83. The highest BCUT2D eigenvalue weighted by Gasteiger charge is 2.01. The Morgan fingerprint density at radius 3 is 2.67 bits per heavy atom. The number of carbonyl (C=O) groups is 1. The van der Waals surface area contributed by atoms with E-state index in [2.05, 4.69) is 12.2 Å². The van der Waals surface area contributed by atoms with Gasteiger partial charge >= 0.3 is 6.03 Å². The van der Waals surface area contributed by atoms with Gasteiger partial charge in [-0.05, 0) is 18.6 Å². The van der Waals surface area contributed by atoms with Crippen LogP contribution in [0.4, 0.5) is 4.79 Å². The van der Waals surface area contributed by atoms with Gasteiger partial charge in [-0.2, -0.15) is 0 Å². The zero-order valence-corrected chi connectivity index (χ0v) is 9.08. The molecule has 0 aliphatic heterocycles. The van der Waals surface area contributed by atoms with Crippen LogP contribution in [-0.2, 0) is 12.8 Å². The second-order valence-electron chi connectivity index (χ2n) is 3.51. The Labute approximate surface area is 89.8 Å². The van der Waals surface area contributed by atoms with Crippen LogP contribution >= 0.6 is 0 Å². The molecule has 0 fully saturated rings. The molecule has 0 aromatic carbocycles. The van der Waals surface area contributed by atoms with Crippen LogP contribution in [0.5, 0.6) is 0 Å². The molecule has 1 aromatic heterocycles. The SMILES string of the molecule is CCCCc1ccc(CCNC(N)=O)o1. The van der Waals surface area contributed by atoms with Gasteiger partial charge in [-0.15, -0.1) is 0 Å². The van der Waals surface area contributed by atoms with Gasteiger partial charge in [0.15, 0.2) is 0 Å². The van der Waals surface area contributed by atoms with Gasteiger partial charge in [0.1, 0.15) is 11.5 Å². The summed E-state index contributed by atoms with van der Waals surface area (Å²) in [4.78, 5) is 10.4. The molecule has 0 atom stereocenters. The van der Waals surface area contributed by atoms with E-state index < -0.39 is 6.03 Å². The number of nitrogens with one attached hydrogen (secondary N) is 1. The van der Waals surface area contributed by atoms with Gasteiger partial charge in [0, 0.05) is 19.4 Å². The summed E-state index contributed by atoms with van der Waals surface area (Å²) in [5.41, 5.74) is 4.95. The van der Waals surface area contributed by atoms with Crippen molar-refractivity contribution >= 4 is 6.03 Å². The lowest BCUT2D eigenvalue weighted by Gasteiger charge is -1.98. The molecule has 0 unspecified atom stereocenters. The zero-order valence-electron chi connectivity index (χ0n) is 9.08. The van der Waals surface area contributed by atoms with Crippen LogP contribution in [0.2, 0.25) is 0 Å². The molecular weight excluding hydrogens is 192 g/mol. The van der Waals surface area contributed by atoms with Crippen LogP contribution in [0.3, 0.4) is 0 Å². The number of aryl methyl sites for hydroxylation is 1. The second kappa shape index (κ2) is 6.11. The van der Waals surface area contributed by atoms with Crippen molar-refractivity contribution in [2.45, 2.75) is 32.6 Å². The Hall–Kier alpha value is -1.45. The highest BCUT2D eigenvalue weighted by atomic mass is 16.3. The first-order chi connectivity index (χ1) is 7.22. The van der Waals surface area contributed by atoms with Crippen LogP contribution in [-0.4, -0.2) is 12.6 Å². The van der Waals surface area contributed by atoms with E-state index in [1.54, 1.807) is 0 Å². The first kappa shape index (κ1) is 11.6. The summed E-state index contributed by atoms with van der Waals surface area (Å²) in [6.07, 6.45) is 3.99. The summed E-state index contributed by atoms with van der Waals surface area (Å²) in [5, 5.41) is 2.53. The third-order valence-electron chi connectivity index (χ3n) is 2.16. The van der Waals surface area contributed by atoms with Crippen LogP contribution in [0, 0.1) is 0 Å². The van der Waals surface area contributed by atoms with Gasteiger partial charge in [0.05, 0.1) is 0 Å². The molecule has 3 N–H and O–H groups in total. The molecule has 0 saturated carbocycles. The monoisotopic (exact) mass is 210 g/mol. The summed E-state index contributed by atoms with van der Waals surface area (Å²) in [6.45, 7) is 2.68. The maximum Gasteiger partial charge on any atom is 0.312 e. The normalized spacial score (nSPS) is 10.2. The summed E-state index contributed by atoms with van der Waals surface area (Å²) in [5.74, 6) is 1.92. The highest BCUT2D eigenvalue weighted by molar-refractivity contribution is 5.71. The lowest BCUT2D eigenvalue weighted by molar-refractivity contribution is 0.249. The number of hydrogen-bond acceptors (Lipinski definition) is 2. The number of carbonyl (C=O) groups excluding carboxylic acids is 1. The quantitative estimate of drug-likeness (QED) is 0.752. The molecule has 84 valence electrons. The van der Waals surface area contributed by atoms with Crippen molar-refractivity contribution in [2.24, 2.45) is 5.73 Å². The number of hydrogen-bond donors (Lipinski definition) is 2. The Balaban J connectivity index is 2.29. The standard InChI is InChI=1S/C11H18N2O2/c1-2-3-4-9-5-6-10(15-9)7-8-13-11(12)14/h5-6H,2-4,7-8H2,1H3,(H3,12,13,14). The van der Waals surface area contributed by atoms with Crippen molar-refractivity contribution in [3.05, 3.63) is 23.7 Å². The van der Waals surface area contributed by atoms with Gasteiger partial charge in [0.25, 0.3) is 0 Å². The van der Waals surface area contributed by atoms with Crippen molar-refractivity contribution < 1.29 is 9.21 Å². The Morgan fingerprint density at radius 2 is 2.07 bits per heavy atom. The fourth-order valence-electron chi connectivity index (χ4n) is 1.35. The molecule has 0 spiro atoms. The third-order valence-corrected chi connectivity index (χ3v) is 2.16. The lowest BCUT2D eigenvalue weighted by Crippen LogP contribution is -2.30. The molecule has 0 radical (unpaired) electrons. The van der Waals surface area contributed by atoms with Gasteiger partial charge in [-0.3, -0.25) is 0 Å². The molecule has 0 bridgehead atoms. The molecule has 0 saturated heterocycles. The van der Waals surface area contributed by atoms with Crippen molar-refractivity contribution in [1.82, 2.24) is 5.32 Å². The van der Waals surface area contributed by atoms with Crippen LogP contribution in [0.15, 0.2) is 16.5 Å². The summed E-state index contributed by atoms with van der Waals surface area (Å²) in [7, 11) is 0. The molecule has 1 heterocycles. The zero-order chi connectivity index (χ0) is 11.1. The lowest BCUT2D eigenvalue weighted by atomic mass is 10.2. The Morgan fingerprint density at radius 1 is 1.40 bits per heavy atom. The number of nitrogens with two attached hydrogens (primary N) is 1. The number of furan rings is 1. The number of amides is 2. The first-order valence-electron chi connectivity index (χ1n) is 5.33. The Kier molecular flexibility index (Phi) is 4.74. The number of urea groups is 1. The van der Waals surface area contributed by atoms with Crippen molar-refractivity contribution in [1.29, 1.82) is 0 Å². The van der Waals surface area contributed by atoms with Gasteiger partial charge in [0.2, 0.25) is 0 Å². The third kappa shape index (κ3) is 4.54. The molecule has 2 amide bonds. The predicted molar refractivity (Wildman–Crippen MR) is 58.6 cm³/mol. The highest BCUT2D eigenvalue weighted by Crippen LogP contribution is 2.11. The van der Waals surface area contributed by atoms with E-state index in [1.807, 2.05) is 12.1 Å². The minimum Gasteiger partial charge on any atom is -0.466 e. The van der Waals surface area contributed by atoms with E-state index in [0.717, 1.165) is 24.4 Å². The minimum absolute atomic E-state index is 0.493. The maximum absolute atomic E-state index is 10.4. The smallest absolute Gasteiger partial charge is 0.312 e. The molecule has 4 heteroatoms. The minimum atomic E-state index is -0.493. The number of unbranched alkanes of at least 4 members (excludes halogenated alkanes) is 1. The summed E-state index contributed by atoms with van der Waals surface area (Å²) < 4.78 is 5.58.